The molecule has 0 spiro atoms. The number of fused-ring (bicyclic) bond motifs is 2. The summed E-state index contributed by atoms with van der Waals surface area (Å²) in [6.07, 6.45) is -0.465. The lowest BCUT2D eigenvalue weighted by Gasteiger charge is -2.34. The molecule has 5 rings (SSSR count). The Bertz CT molecular complexity index is 1360. The van der Waals surface area contributed by atoms with E-state index in [2.05, 4.69) is 5.32 Å². The number of hydrazone groups is 1. The summed E-state index contributed by atoms with van der Waals surface area (Å²) in [5, 5.41) is 12.2. The highest BCUT2D eigenvalue weighted by atomic mass is 35.5. The Labute approximate surface area is 200 Å². The molecule has 33 heavy (non-hydrogen) atoms. The van der Waals surface area contributed by atoms with Crippen LogP contribution in [0.3, 0.4) is 0 Å². The quantitative estimate of drug-likeness (QED) is 0.608. The van der Waals surface area contributed by atoms with E-state index in [0.29, 0.717) is 28.2 Å². The van der Waals surface area contributed by atoms with Gasteiger partial charge in [-0.3, -0.25) is 15.1 Å². The zero-order valence-corrected chi connectivity index (χ0v) is 19.4. The van der Waals surface area contributed by atoms with Crippen LogP contribution in [-0.2, 0) is 10.5 Å². The summed E-state index contributed by atoms with van der Waals surface area (Å²) in [6.45, 7) is 2.55. The van der Waals surface area contributed by atoms with Crippen molar-refractivity contribution in [2.75, 3.05) is 6.61 Å². The summed E-state index contributed by atoms with van der Waals surface area (Å²) in [7, 11) is 0. The number of hydrogen-bond donors (Lipinski definition) is 1. The predicted octanol–water partition coefficient (Wildman–Crippen LogP) is 3.82. The van der Waals surface area contributed by atoms with E-state index in [4.69, 9.17) is 26.4 Å². The molecule has 2 aliphatic rings. The van der Waals surface area contributed by atoms with Gasteiger partial charge in [0.25, 0.3) is 5.91 Å². The summed E-state index contributed by atoms with van der Waals surface area (Å²) in [5.74, 6) is 1.17. The molecule has 1 N–H and O–H groups in total. The van der Waals surface area contributed by atoms with E-state index in [0.717, 1.165) is 27.5 Å². The normalized spacial score (nSPS) is 16.8. The first-order valence-corrected chi connectivity index (χ1v) is 12.0. The molecule has 0 aromatic heterocycles. The van der Waals surface area contributed by atoms with Crippen LogP contribution < -0.4 is 20.6 Å². The molecule has 3 aromatic rings. The predicted molar refractivity (Wildman–Crippen MR) is 131 cm³/mol. The Morgan fingerprint density at radius 1 is 1.06 bits per heavy atom. The number of amidine groups is 1. The number of carbonyl (C=O) groups is 1. The largest absolute Gasteiger partial charge is 0.494 e. The molecule has 0 bridgehead atoms. The fraction of sp³-hybridized carbons (Fsp3) is 0.160. The number of hydrogen-bond acceptors (Lipinski definition) is 6. The van der Waals surface area contributed by atoms with Gasteiger partial charge in [-0.25, -0.2) is 5.01 Å². The van der Waals surface area contributed by atoms with Crippen LogP contribution in [0.4, 0.5) is 0 Å². The second kappa shape index (κ2) is 9.29. The van der Waals surface area contributed by atoms with Gasteiger partial charge in [0, 0.05) is 16.0 Å². The Morgan fingerprint density at radius 3 is 2.61 bits per heavy atom. The minimum atomic E-state index is -0.465. The van der Waals surface area contributed by atoms with Crippen molar-refractivity contribution in [3.63, 3.8) is 0 Å². The Kier molecular flexibility index (Phi) is 6.07. The van der Waals surface area contributed by atoms with E-state index in [1.807, 2.05) is 79.7 Å². The minimum Gasteiger partial charge on any atom is -0.494 e. The number of nitrogens with zero attached hydrogens (tertiary/aromatic N) is 3. The van der Waals surface area contributed by atoms with Crippen molar-refractivity contribution in [2.24, 2.45) is 10.1 Å². The van der Waals surface area contributed by atoms with Crippen molar-refractivity contribution in [1.82, 2.24) is 10.3 Å². The molecule has 1 atom stereocenters. The summed E-state index contributed by atoms with van der Waals surface area (Å²) < 4.78 is 5.57. The number of carbonyl (C=O) groups excluding carboxylic acids is 1. The minimum absolute atomic E-state index is 0.204. The van der Waals surface area contributed by atoms with E-state index < -0.39 is 6.17 Å². The number of benzene rings is 3. The fourth-order valence-corrected chi connectivity index (χ4v) is 4.91. The molecular formula is C25H21ClN4O2S. The van der Waals surface area contributed by atoms with Gasteiger partial charge in [0.15, 0.2) is 11.3 Å². The van der Waals surface area contributed by atoms with Crippen molar-refractivity contribution in [3.8, 4) is 5.75 Å². The third kappa shape index (κ3) is 4.34. The van der Waals surface area contributed by atoms with E-state index in [9.17, 15) is 4.79 Å². The molecular weight excluding hydrogens is 456 g/mol. The van der Waals surface area contributed by atoms with Gasteiger partial charge < -0.3 is 4.74 Å². The molecule has 0 aliphatic carbocycles. The molecule has 2 aliphatic heterocycles. The highest BCUT2D eigenvalue weighted by Gasteiger charge is 2.34. The molecule has 1 amide bonds. The van der Waals surface area contributed by atoms with Gasteiger partial charge in [-0.15, -0.1) is 5.10 Å². The second-order valence-corrected chi connectivity index (χ2v) is 8.83. The van der Waals surface area contributed by atoms with Crippen molar-refractivity contribution in [2.45, 2.75) is 18.8 Å². The second-order valence-electron chi connectivity index (χ2n) is 7.45. The molecule has 0 saturated carbocycles. The maximum atomic E-state index is 13.2. The maximum Gasteiger partial charge on any atom is 0.276 e. The first kappa shape index (κ1) is 21.6. The highest BCUT2D eigenvalue weighted by molar-refractivity contribution is 8.13. The van der Waals surface area contributed by atoms with Gasteiger partial charge in [-0.2, -0.15) is 0 Å². The zero-order valence-electron chi connectivity index (χ0n) is 17.9. The van der Waals surface area contributed by atoms with Crippen LogP contribution in [0.2, 0.25) is 5.02 Å². The van der Waals surface area contributed by atoms with Crippen LogP contribution in [0, 0.1) is 0 Å². The van der Waals surface area contributed by atoms with Gasteiger partial charge in [0.05, 0.1) is 12.0 Å². The molecule has 166 valence electrons. The van der Waals surface area contributed by atoms with E-state index in [1.165, 1.54) is 11.8 Å². The number of thioether (sulfide) groups is 1. The smallest absolute Gasteiger partial charge is 0.276 e. The molecule has 0 radical (unpaired) electrons. The topological polar surface area (TPSA) is 66.3 Å². The number of nitrogens with one attached hydrogen (secondary N) is 1. The molecule has 0 fully saturated rings. The number of rotatable bonds is 5. The molecule has 0 unspecified atom stereocenters. The van der Waals surface area contributed by atoms with Crippen LogP contribution >= 0.6 is 23.4 Å². The number of para-hydroxylation sites is 1. The van der Waals surface area contributed by atoms with Crippen LogP contribution in [-0.4, -0.2) is 22.7 Å². The molecule has 0 saturated heterocycles. The van der Waals surface area contributed by atoms with Crippen LogP contribution in [0.25, 0.3) is 5.70 Å². The number of halogens is 1. The van der Waals surface area contributed by atoms with Crippen LogP contribution in [0.1, 0.15) is 24.2 Å². The average molecular weight is 477 g/mol. The lowest BCUT2D eigenvalue weighted by atomic mass is 10.1. The summed E-state index contributed by atoms with van der Waals surface area (Å²) >= 11 is 7.72. The van der Waals surface area contributed by atoms with Crippen molar-refractivity contribution >= 4 is 40.1 Å². The summed E-state index contributed by atoms with van der Waals surface area (Å²) in [6, 6.07) is 23.0. The number of ether oxygens (including phenoxy) is 1. The Balaban J connectivity index is 1.53. The van der Waals surface area contributed by atoms with Crippen LogP contribution in [0.5, 0.6) is 5.75 Å². The maximum absolute atomic E-state index is 13.2. The molecule has 8 heteroatoms. The zero-order chi connectivity index (χ0) is 22.8. The van der Waals surface area contributed by atoms with Gasteiger partial charge in [0.2, 0.25) is 0 Å². The molecule has 2 heterocycles. The third-order valence-corrected chi connectivity index (χ3v) is 6.61. The first-order valence-electron chi connectivity index (χ1n) is 10.6. The fourth-order valence-electron chi connectivity index (χ4n) is 3.77. The van der Waals surface area contributed by atoms with Gasteiger partial charge in [-0.1, -0.05) is 71.9 Å². The van der Waals surface area contributed by atoms with Crippen LogP contribution in [0.15, 0.2) is 82.9 Å². The number of amides is 1. The van der Waals surface area contributed by atoms with Gasteiger partial charge >= 0.3 is 0 Å². The SMILES string of the molecule is CCOc1ccc([C@@H]2N=c3ccccc3=C3C(=O)NC(SCc4ccccc4Cl)=NN32)cc1. The van der Waals surface area contributed by atoms with Crippen molar-refractivity contribution in [1.29, 1.82) is 0 Å². The van der Waals surface area contributed by atoms with E-state index in [-0.39, 0.29) is 5.91 Å². The third-order valence-electron chi connectivity index (χ3n) is 5.33. The standard InChI is InChI=1S/C25H21ClN4O2S/c1-2-32-18-13-11-16(12-14-18)23-27-21-10-6-4-8-19(21)22-24(31)28-25(29-30(22)23)33-15-17-7-3-5-9-20(17)26/h3-14,23H,2,15H2,1H3,(H,28,29,31)/t23-/m1/s1. The summed E-state index contributed by atoms with van der Waals surface area (Å²) in [5.41, 5.74) is 2.38. The van der Waals surface area contributed by atoms with Gasteiger partial charge in [-0.05, 0) is 42.3 Å². The average Bonchev–Trinajstić information content (AvgIpc) is 2.83. The summed E-state index contributed by atoms with van der Waals surface area (Å²) in [4.78, 5) is 18.1. The molecule has 6 nitrogen and oxygen atoms in total. The van der Waals surface area contributed by atoms with Crippen molar-refractivity contribution in [3.05, 3.63) is 99.5 Å². The first-order chi connectivity index (χ1) is 16.1. The monoisotopic (exact) mass is 476 g/mol. The highest BCUT2D eigenvalue weighted by Crippen LogP contribution is 2.32. The molecule has 3 aromatic carbocycles. The van der Waals surface area contributed by atoms with Gasteiger partial charge in [0.1, 0.15) is 11.4 Å². The Hall–Kier alpha value is -3.29. The Morgan fingerprint density at radius 2 is 1.82 bits per heavy atom. The van der Waals surface area contributed by atoms with E-state index in [1.54, 1.807) is 5.01 Å². The lowest BCUT2D eigenvalue weighted by molar-refractivity contribution is -0.116. The lowest BCUT2D eigenvalue weighted by Crippen LogP contribution is -2.50. The van der Waals surface area contributed by atoms with E-state index >= 15 is 0 Å². The van der Waals surface area contributed by atoms with Crippen molar-refractivity contribution < 1.29 is 9.53 Å².